The SMILES string of the molecule is c1ccc(-c2ccc3c(c2)c2ccccc2n3-c2ccccc2-c2ncc3oc4ccc(-n5c6ccccc6c6ccccc65)cc4c3n2)cc1. The summed E-state index contributed by atoms with van der Waals surface area (Å²) in [6, 6.07) is 57.8. The zero-order chi connectivity index (χ0) is 33.5. The number of para-hydroxylation sites is 4. The number of hydrogen-bond donors (Lipinski definition) is 0. The molecule has 7 aromatic carbocycles. The molecule has 11 rings (SSSR count). The summed E-state index contributed by atoms with van der Waals surface area (Å²) < 4.78 is 11.0. The van der Waals surface area contributed by atoms with E-state index in [1.807, 2.05) is 12.3 Å². The van der Waals surface area contributed by atoms with Gasteiger partial charge < -0.3 is 13.6 Å². The average molecular weight is 653 g/mol. The van der Waals surface area contributed by atoms with Crippen molar-refractivity contribution in [2.75, 3.05) is 0 Å². The third-order valence-electron chi connectivity index (χ3n) is 10.2. The number of hydrogen-bond acceptors (Lipinski definition) is 3. The third-order valence-corrected chi connectivity index (χ3v) is 10.2. The van der Waals surface area contributed by atoms with Gasteiger partial charge in [0, 0.05) is 38.2 Å². The van der Waals surface area contributed by atoms with Gasteiger partial charge >= 0.3 is 0 Å². The minimum absolute atomic E-state index is 0.648. The molecule has 0 fully saturated rings. The Kier molecular flexibility index (Phi) is 5.89. The first kappa shape index (κ1) is 27.9. The smallest absolute Gasteiger partial charge is 0.172 e. The van der Waals surface area contributed by atoms with Crippen LogP contribution in [-0.4, -0.2) is 19.1 Å². The molecule has 0 aliphatic rings. The number of benzene rings is 7. The highest BCUT2D eigenvalue weighted by Gasteiger charge is 2.20. The fraction of sp³-hybridized carbons (Fsp3) is 0. The van der Waals surface area contributed by atoms with E-state index in [9.17, 15) is 0 Å². The van der Waals surface area contributed by atoms with Gasteiger partial charge in [-0.15, -0.1) is 0 Å². The van der Waals surface area contributed by atoms with E-state index in [4.69, 9.17) is 14.4 Å². The maximum Gasteiger partial charge on any atom is 0.172 e. The molecule has 51 heavy (non-hydrogen) atoms. The fourth-order valence-electron chi connectivity index (χ4n) is 7.92. The summed E-state index contributed by atoms with van der Waals surface area (Å²) in [6.07, 6.45) is 1.81. The highest BCUT2D eigenvalue weighted by atomic mass is 16.3. The largest absolute Gasteiger partial charge is 0.453 e. The summed E-state index contributed by atoms with van der Waals surface area (Å²) in [5, 5.41) is 5.82. The molecule has 0 saturated carbocycles. The molecule has 0 bridgehead atoms. The summed E-state index contributed by atoms with van der Waals surface area (Å²) in [5.74, 6) is 0.648. The normalized spacial score (nSPS) is 11.9. The van der Waals surface area contributed by atoms with Crippen LogP contribution in [0.1, 0.15) is 0 Å². The number of aromatic nitrogens is 4. The van der Waals surface area contributed by atoms with E-state index in [0.717, 1.165) is 55.5 Å². The monoisotopic (exact) mass is 652 g/mol. The van der Waals surface area contributed by atoms with E-state index in [1.54, 1.807) is 0 Å². The molecule has 0 radical (unpaired) electrons. The van der Waals surface area contributed by atoms with Gasteiger partial charge in [-0.05, 0) is 71.8 Å². The van der Waals surface area contributed by atoms with Crippen LogP contribution in [0, 0.1) is 0 Å². The molecule has 0 unspecified atom stereocenters. The second-order valence-electron chi connectivity index (χ2n) is 13.0. The molecule has 238 valence electrons. The molecule has 4 heterocycles. The number of nitrogens with zero attached hydrogens (tertiary/aromatic N) is 4. The van der Waals surface area contributed by atoms with Crippen molar-refractivity contribution < 1.29 is 4.42 Å². The Morgan fingerprint density at radius 3 is 1.82 bits per heavy atom. The van der Waals surface area contributed by atoms with E-state index >= 15 is 0 Å². The Bertz CT molecular complexity index is 3090. The van der Waals surface area contributed by atoms with Crippen LogP contribution in [0.5, 0.6) is 0 Å². The Hall–Kier alpha value is -6.98. The summed E-state index contributed by atoms with van der Waals surface area (Å²) in [7, 11) is 0. The molecular formula is C46H28N4O. The van der Waals surface area contributed by atoms with Crippen LogP contribution in [0.2, 0.25) is 0 Å². The highest BCUT2D eigenvalue weighted by molar-refractivity contribution is 6.12. The Balaban J connectivity index is 1.10. The van der Waals surface area contributed by atoms with Crippen LogP contribution in [0.4, 0.5) is 0 Å². The van der Waals surface area contributed by atoms with Crippen molar-refractivity contribution in [1.29, 1.82) is 0 Å². The lowest BCUT2D eigenvalue weighted by atomic mass is 10.0. The molecule has 0 aliphatic carbocycles. The molecule has 0 aliphatic heterocycles. The van der Waals surface area contributed by atoms with E-state index in [1.165, 1.54) is 32.7 Å². The first-order valence-corrected chi connectivity index (χ1v) is 17.2. The minimum atomic E-state index is 0.648. The molecule has 0 spiro atoms. The summed E-state index contributed by atoms with van der Waals surface area (Å²) in [6.45, 7) is 0. The van der Waals surface area contributed by atoms with Crippen molar-refractivity contribution in [2.24, 2.45) is 0 Å². The molecule has 4 aromatic heterocycles. The van der Waals surface area contributed by atoms with Gasteiger partial charge in [-0.2, -0.15) is 0 Å². The van der Waals surface area contributed by atoms with Gasteiger partial charge in [-0.3, -0.25) is 0 Å². The minimum Gasteiger partial charge on any atom is -0.453 e. The second kappa shape index (κ2) is 10.8. The fourth-order valence-corrected chi connectivity index (χ4v) is 7.92. The predicted molar refractivity (Wildman–Crippen MR) is 209 cm³/mol. The topological polar surface area (TPSA) is 48.8 Å². The second-order valence-corrected chi connectivity index (χ2v) is 13.0. The number of fused-ring (bicyclic) bond motifs is 9. The van der Waals surface area contributed by atoms with Gasteiger partial charge in [0.15, 0.2) is 11.4 Å². The van der Waals surface area contributed by atoms with Crippen LogP contribution in [0.25, 0.3) is 99.6 Å². The maximum absolute atomic E-state index is 6.32. The first-order chi connectivity index (χ1) is 25.3. The summed E-state index contributed by atoms with van der Waals surface area (Å²) in [4.78, 5) is 10.1. The molecular weight excluding hydrogens is 625 g/mol. The highest BCUT2D eigenvalue weighted by Crippen LogP contribution is 2.39. The molecule has 0 N–H and O–H groups in total. The third kappa shape index (κ3) is 4.15. The zero-order valence-corrected chi connectivity index (χ0v) is 27.4. The van der Waals surface area contributed by atoms with Crippen molar-refractivity contribution in [3.05, 3.63) is 170 Å². The first-order valence-electron chi connectivity index (χ1n) is 17.2. The van der Waals surface area contributed by atoms with E-state index < -0.39 is 0 Å². The van der Waals surface area contributed by atoms with E-state index in [2.05, 4.69) is 167 Å². The summed E-state index contributed by atoms with van der Waals surface area (Å²) >= 11 is 0. The standard InChI is InChI=1S/C46H28N4O/c1-2-12-29(13-3-1)30-22-24-42-36(26-30)34-16-6-10-20-40(34)50(42)41-21-11-7-17-35(41)46-47-28-44-45(48-46)37-27-31(23-25-43(37)51-44)49-38-18-8-4-14-32(38)33-15-5-9-19-39(33)49/h1-28H. The lowest BCUT2D eigenvalue weighted by Gasteiger charge is -2.13. The van der Waals surface area contributed by atoms with E-state index in [0.29, 0.717) is 11.4 Å². The van der Waals surface area contributed by atoms with E-state index in [-0.39, 0.29) is 0 Å². The average Bonchev–Trinajstić information content (AvgIpc) is 3.85. The lowest BCUT2D eigenvalue weighted by Crippen LogP contribution is -1.99. The molecule has 0 atom stereocenters. The molecule has 0 saturated heterocycles. The van der Waals surface area contributed by atoms with Crippen molar-refractivity contribution >= 4 is 65.7 Å². The Morgan fingerprint density at radius 2 is 1.06 bits per heavy atom. The van der Waals surface area contributed by atoms with Crippen LogP contribution in [-0.2, 0) is 0 Å². The molecule has 11 aromatic rings. The van der Waals surface area contributed by atoms with Crippen LogP contribution in [0.3, 0.4) is 0 Å². The number of furan rings is 1. The van der Waals surface area contributed by atoms with Crippen LogP contribution >= 0.6 is 0 Å². The van der Waals surface area contributed by atoms with Crippen molar-refractivity contribution in [2.45, 2.75) is 0 Å². The quantitative estimate of drug-likeness (QED) is 0.190. The van der Waals surface area contributed by atoms with Gasteiger partial charge in [0.1, 0.15) is 11.1 Å². The van der Waals surface area contributed by atoms with Crippen LogP contribution < -0.4 is 0 Å². The number of rotatable bonds is 4. The Labute approximate surface area is 292 Å². The molecule has 5 heteroatoms. The van der Waals surface area contributed by atoms with Crippen molar-refractivity contribution in [1.82, 2.24) is 19.1 Å². The summed E-state index contributed by atoms with van der Waals surface area (Å²) in [5.41, 5.74) is 12.3. The van der Waals surface area contributed by atoms with Gasteiger partial charge in [-0.25, -0.2) is 9.97 Å². The lowest BCUT2D eigenvalue weighted by molar-refractivity contribution is 0.666. The van der Waals surface area contributed by atoms with Gasteiger partial charge in [0.05, 0.1) is 34.0 Å². The van der Waals surface area contributed by atoms with Crippen molar-refractivity contribution in [3.63, 3.8) is 0 Å². The molecule has 0 amide bonds. The van der Waals surface area contributed by atoms with Gasteiger partial charge in [0.2, 0.25) is 0 Å². The van der Waals surface area contributed by atoms with Gasteiger partial charge in [0.25, 0.3) is 0 Å². The predicted octanol–water partition coefficient (Wildman–Crippen LogP) is 11.9. The van der Waals surface area contributed by atoms with Crippen molar-refractivity contribution in [3.8, 4) is 33.9 Å². The zero-order valence-electron chi connectivity index (χ0n) is 27.4. The molecule has 5 nitrogen and oxygen atoms in total. The van der Waals surface area contributed by atoms with Gasteiger partial charge in [-0.1, -0.05) is 103 Å². The maximum atomic E-state index is 6.32. The van der Waals surface area contributed by atoms with Crippen LogP contribution in [0.15, 0.2) is 174 Å². The Morgan fingerprint density at radius 1 is 0.431 bits per heavy atom.